The van der Waals surface area contributed by atoms with Crippen molar-refractivity contribution in [3.05, 3.63) is 72.8 Å². The zero-order valence-electron chi connectivity index (χ0n) is 13.1. The molecule has 0 heterocycles. The number of benzene rings is 2. The molecule has 0 aliphatic carbocycles. The molecule has 0 fully saturated rings. The quantitative estimate of drug-likeness (QED) is 0.700. The summed E-state index contributed by atoms with van der Waals surface area (Å²) in [6.45, 7) is 4.88. The van der Waals surface area contributed by atoms with E-state index < -0.39 is 0 Å². The highest BCUT2D eigenvalue weighted by atomic mass is 16.5. The molecule has 0 spiro atoms. The molecule has 23 heavy (non-hydrogen) atoms. The second-order valence-electron chi connectivity index (χ2n) is 5.06. The summed E-state index contributed by atoms with van der Waals surface area (Å²) in [4.78, 5) is 11.5. The Morgan fingerprint density at radius 3 is 2.74 bits per heavy atom. The van der Waals surface area contributed by atoms with E-state index in [1.54, 1.807) is 6.08 Å². The van der Waals surface area contributed by atoms with Gasteiger partial charge in [0.2, 0.25) is 5.91 Å². The van der Waals surface area contributed by atoms with Gasteiger partial charge in [0, 0.05) is 24.7 Å². The van der Waals surface area contributed by atoms with Gasteiger partial charge in [-0.05, 0) is 17.7 Å². The number of anilines is 1. The molecule has 4 nitrogen and oxygen atoms in total. The average Bonchev–Trinajstić information content (AvgIpc) is 2.59. The van der Waals surface area contributed by atoms with Crippen molar-refractivity contribution < 1.29 is 9.53 Å². The Morgan fingerprint density at radius 1 is 1.13 bits per heavy atom. The van der Waals surface area contributed by atoms with Crippen molar-refractivity contribution in [2.24, 2.45) is 0 Å². The van der Waals surface area contributed by atoms with E-state index in [1.165, 1.54) is 5.56 Å². The van der Waals surface area contributed by atoms with Crippen LogP contribution in [0.5, 0.6) is 5.75 Å². The molecule has 2 aromatic carbocycles. The molecular weight excluding hydrogens is 288 g/mol. The van der Waals surface area contributed by atoms with Crippen molar-refractivity contribution in [2.75, 3.05) is 25.0 Å². The molecular formula is C19H22N2O2. The number of carbonyl (C=O) groups excluding carboxylic acids is 1. The Bertz CT molecular complexity index is 626. The first kappa shape index (κ1) is 16.6. The van der Waals surface area contributed by atoms with Crippen LogP contribution in [0.2, 0.25) is 0 Å². The number of nitrogens with one attached hydrogen (secondary N) is 2. The monoisotopic (exact) mass is 310 g/mol. The molecule has 0 unspecified atom stereocenters. The van der Waals surface area contributed by atoms with Crippen molar-refractivity contribution in [2.45, 2.75) is 6.42 Å². The highest BCUT2D eigenvalue weighted by molar-refractivity contribution is 5.80. The summed E-state index contributed by atoms with van der Waals surface area (Å²) in [5.41, 5.74) is 2.11. The van der Waals surface area contributed by atoms with Gasteiger partial charge < -0.3 is 15.4 Å². The predicted molar refractivity (Wildman–Crippen MR) is 93.8 cm³/mol. The molecule has 2 aromatic rings. The zero-order chi connectivity index (χ0) is 16.3. The summed E-state index contributed by atoms with van der Waals surface area (Å²) in [6, 6.07) is 17.8. The Hall–Kier alpha value is -2.75. The van der Waals surface area contributed by atoms with E-state index in [2.05, 4.69) is 29.3 Å². The fraction of sp³-hybridized carbons (Fsp3) is 0.211. The van der Waals surface area contributed by atoms with E-state index >= 15 is 0 Å². The molecule has 0 bridgehead atoms. The second-order valence-corrected chi connectivity index (χ2v) is 5.06. The van der Waals surface area contributed by atoms with Gasteiger partial charge >= 0.3 is 0 Å². The lowest BCUT2D eigenvalue weighted by Gasteiger charge is -2.10. The van der Waals surface area contributed by atoms with E-state index in [1.807, 2.05) is 42.5 Å². The summed E-state index contributed by atoms with van der Waals surface area (Å²) < 4.78 is 5.77. The predicted octanol–water partition coefficient (Wildman–Crippen LogP) is 3.02. The molecule has 0 saturated carbocycles. The van der Waals surface area contributed by atoms with Crippen LogP contribution in [-0.2, 0) is 11.2 Å². The molecule has 0 saturated heterocycles. The Morgan fingerprint density at radius 2 is 1.96 bits per heavy atom. The summed E-state index contributed by atoms with van der Waals surface area (Å²) in [5, 5.41) is 5.79. The SMILES string of the molecule is C=CCNC(=O)CNc1cccc(OCCc2ccccc2)c1. The average molecular weight is 310 g/mol. The van der Waals surface area contributed by atoms with Crippen LogP contribution in [0, 0.1) is 0 Å². The summed E-state index contributed by atoms with van der Waals surface area (Å²) in [7, 11) is 0. The van der Waals surface area contributed by atoms with E-state index in [-0.39, 0.29) is 12.5 Å². The van der Waals surface area contributed by atoms with Gasteiger partial charge in [0.1, 0.15) is 5.75 Å². The Balaban J connectivity index is 1.77. The topological polar surface area (TPSA) is 50.4 Å². The summed E-state index contributed by atoms with van der Waals surface area (Å²) in [5.74, 6) is 0.720. The van der Waals surface area contributed by atoms with Crippen molar-refractivity contribution in [1.29, 1.82) is 0 Å². The lowest BCUT2D eigenvalue weighted by atomic mass is 10.2. The van der Waals surface area contributed by atoms with Crippen LogP contribution < -0.4 is 15.4 Å². The molecule has 0 aromatic heterocycles. The largest absolute Gasteiger partial charge is 0.493 e. The van der Waals surface area contributed by atoms with Crippen molar-refractivity contribution >= 4 is 11.6 Å². The van der Waals surface area contributed by atoms with Crippen LogP contribution in [-0.4, -0.2) is 25.6 Å². The molecule has 120 valence electrons. The standard InChI is InChI=1S/C19H22N2O2/c1-2-12-20-19(22)15-21-17-9-6-10-18(14-17)23-13-11-16-7-4-3-5-8-16/h2-10,14,21H,1,11-13,15H2,(H,20,22). The minimum Gasteiger partial charge on any atom is -0.493 e. The van der Waals surface area contributed by atoms with Crippen molar-refractivity contribution in [3.63, 3.8) is 0 Å². The maximum atomic E-state index is 11.5. The maximum absolute atomic E-state index is 11.5. The minimum atomic E-state index is -0.0692. The van der Waals surface area contributed by atoms with Crippen LogP contribution in [0.1, 0.15) is 5.56 Å². The van der Waals surface area contributed by atoms with Crippen LogP contribution in [0.4, 0.5) is 5.69 Å². The maximum Gasteiger partial charge on any atom is 0.239 e. The van der Waals surface area contributed by atoms with Gasteiger partial charge in [0.15, 0.2) is 0 Å². The van der Waals surface area contributed by atoms with Gasteiger partial charge in [-0.1, -0.05) is 42.5 Å². The van der Waals surface area contributed by atoms with E-state index in [9.17, 15) is 4.79 Å². The number of rotatable bonds is 9. The molecule has 0 aliphatic heterocycles. The fourth-order valence-corrected chi connectivity index (χ4v) is 2.06. The number of carbonyl (C=O) groups is 1. The third-order valence-corrected chi connectivity index (χ3v) is 3.23. The fourth-order valence-electron chi connectivity index (χ4n) is 2.06. The second kappa shape index (κ2) is 9.30. The van der Waals surface area contributed by atoms with Gasteiger partial charge in [0.25, 0.3) is 0 Å². The number of hydrogen-bond donors (Lipinski definition) is 2. The first-order valence-corrected chi connectivity index (χ1v) is 7.66. The highest BCUT2D eigenvalue weighted by Crippen LogP contribution is 2.17. The van der Waals surface area contributed by atoms with Crippen molar-refractivity contribution in [1.82, 2.24) is 5.32 Å². The number of amides is 1. The van der Waals surface area contributed by atoms with Gasteiger partial charge in [-0.25, -0.2) is 0 Å². The molecule has 2 N–H and O–H groups in total. The molecule has 0 radical (unpaired) electrons. The lowest BCUT2D eigenvalue weighted by molar-refractivity contribution is -0.119. The van der Waals surface area contributed by atoms with Crippen LogP contribution in [0.25, 0.3) is 0 Å². The first-order chi connectivity index (χ1) is 11.3. The highest BCUT2D eigenvalue weighted by Gasteiger charge is 2.01. The molecule has 0 aliphatic rings. The molecule has 4 heteroatoms. The molecule has 0 atom stereocenters. The van der Waals surface area contributed by atoms with Crippen molar-refractivity contribution in [3.8, 4) is 5.75 Å². The number of ether oxygens (including phenoxy) is 1. The summed E-state index contributed by atoms with van der Waals surface area (Å²) >= 11 is 0. The Labute approximate surface area is 137 Å². The van der Waals surface area contributed by atoms with E-state index in [0.29, 0.717) is 13.2 Å². The third kappa shape index (κ3) is 6.26. The molecule has 1 amide bonds. The minimum absolute atomic E-state index is 0.0692. The lowest BCUT2D eigenvalue weighted by Crippen LogP contribution is -2.29. The van der Waals surface area contributed by atoms with E-state index in [4.69, 9.17) is 4.74 Å². The van der Waals surface area contributed by atoms with Crippen LogP contribution >= 0.6 is 0 Å². The normalized spacial score (nSPS) is 9.91. The van der Waals surface area contributed by atoms with Crippen LogP contribution in [0.3, 0.4) is 0 Å². The Kier molecular flexibility index (Phi) is 6.72. The smallest absolute Gasteiger partial charge is 0.239 e. The number of hydrogen-bond acceptors (Lipinski definition) is 3. The van der Waals surface area contributed by atoms with Crippen LogP contribution in [0.15, 0.2) is 67.3 Å². The van der Waals surface area contributed by atoms with Gasteiger partial charge in [-0.2, -0.15) is 0 Å². The van der Waals surface area contributed by atoms with E-state index in [0.717, 1.165) is 17.9 Å². The van der Waals surface area contributed by atoms with Gasteiger partial charge in [0.05, 0.1) is 13.2 Å². The molecule has 2 rings (SSSR count). The summed E-state index contributed by atoms with van der Waals surface area (Å²) in [6.07, 6.45) is 2.52. The zero-order valence-corrected chi connectivity index (χ0v) is 13.1. The van der Waals surface area contributed by atoms with Gasteiger partial charge in [-0.3, -0.25) is 4.79 Å². The van der Waals surface area contributed by atoms with Gasteiger partial charge in [-0.15, -0.1) is 6.58 Å². The first-order valence-electron chi connectivity index (χ1n) is 7.66. The third-order valence-electron chi connectivity index (χ3n) is 3.23.